The second-order valence-corrected chi connectivity index (χ2v) is 9.84. The van der Waals surface area contributed by atoms with E-state index in [9.17, 15) is 8.42 Å². The molecule has 3 rings (SSSR count). The molecule has 1 aromatic carbocycles. The van der Waals surface area contributed by atoms with Crippen molar-refractivity contribution in [3.05, 3.63) is 24.0 Å². The number of methoxy groups -OCH3 is 2. The number of benzene rings is 1. The zero-order chi connectivity index (χ0) is 21.2. The highest BCUT2D eigenvalue weighted by Crippen LogP contribution is 2.31. The highest BCUT2D eigenvalue weighted by atomic mass is 32.2. The monoisotopic (exact) mass is 424 g/mol. The fourth-order valence-corrected chi connectivity index (χ4v) is 4.86. The van der Waals surface area contributed by atoms with E-state index in [4.69, 9.17) is 9.47 Å². The summed E-state index contributed by atoms with van der Waals surface area (Å²) in [5.74, 6) is 1.57. The number of piperazine rings is 1. The Hall–Kier alpha value is -2.24. The molecule has 160 valence electrons. The second kappa shape index (κ2) is 8.25. The highest BCUT2D eigenvalue weighted by molar-refractivity contribution is 7.89. The van der Waals surface area contributed by atoms with Crippen molar-refractivity contribution in [2.75, 3.05) is 40.4 Å². The van der Waals surface area contributed by atoms with Crippen LogP contribution >= 0.6 is 0 Å². The summed E-state index contributed by atoms with van der Waals surface area (Å²) in [5, 5.41) is 12.0. The van der Waals surface area contributed by atoms with Crippen molar-refractivity contribution in [2.24, 2.45) is 0 Å². The van der Waals surface area contributed by atoms with Gasteiger partial charge >= 0.3 is 0 Å². The number of rotatable bonds is 6. The molecule has 0 aliphatic carbocycles. The van der Waals surface area contributed by atoms with E-state index in [1.165, 1.54) is 24.6 Å². The Balaban J connectivity index is 1.72. The molecule has 1 aromatic heterocycles. The predicted octanol–water partition coefficient (Wildman–Crippen LogP) is 0.952. The van der Waals surface area contributed by atoms with Crippen LogP contribution in [-0.4, -0.2) is 78.2 Å². The summed E-state index contributed by atoms with van der Waals surface area (Å²) in [7, 11) is -0.742. The topological polar surface area (TPSA) is 103 Å². The van der Waals surface area contributed by atoms with Gasteiger partial charge in [-0.1, -0.05) is 20.8 Å². The van der Waals surface area contributed by atoms with Crippen molar-refractivity contribution in [3.63, 3.8) is 0 Å². The summed E-state index contributed by atoms with van der Waals surface area (Å²) in [6.07, 6.45) is 0. The lowest BCUT2D eigenvalue weighted by Gasteiger charge is -2.34. The van der Waals surface area contributed by atoms with Gasteiger partial charge in [-0.3, -0.25) is 4.90 Å². The van der Waals surface area contributed by atoms with Crippen LogP contribution in [0, 0.1) is 0 Å². The molecule has 1 aliphatic rings. The predicted molar refractivity (Wildman–Crippen MR) is 106 cm³/mol. The van der Waals surface area contributed by atoms with E-state index in [1.54, 1.807) is 16.8 Å². The molecule has 2 heterocycles. The first-order valence-electron chi connectivity index (χ1n) is 9.38. The molecule has 0 unspecified atom stereocenters. The third kappa shape index (κ3) is 4.51. The molecular formula is C18H28N6O4S. The van der Waals surface area contributed by atoms with Gasteiger partial charge in [-0.05, 0) is 22.6 Å². The number of tetrazole rings is 1. The Bertz CT molecular complexity index is 946. The van der Waals surface area contributed by atoms with Crippen LogP contribution in [0.5, 0.6) is 11.5 Å². The molecule has 1 aliphatic heterocycles. The lowest BCUT2D eigenvalue weighted by Crippen LogP contribution is -2.49. The van der Waals surface area contributed by atoms with Crippen LogP contribution in [0.25, 0.3) is 0 Å². The van der Waals surface area contributed by atoms with Crippen LogP contribution in [0.3, 0.4) is 0 Å². The minimum absolute atomic E-state index is 0.114. The van der Waals surface area contributed by atoms with E-state index < -0.39 is 10.0 Å². The molecule has 10 nitrogen and oxygen atoms in total. The zero-order valence-corrected chi connectivity index (χ0v) is 18.3. The second-order valence-electron chi connectivity index (χ2n) is 7.93. The Morgan fingerprint density at radius 1 is 1.07 bits per heavy atom. The fourth-order valence-electron chi connectivity index (χ4n) is 3.26. The SMILES string of the molecule is COc1ccc(OC)c(S(=O)(=O)N2CCN(Cn3nnnc3C(C)(C)C)CC2)c1. The van der Waals surface area contributed by atoms with E-state index in [0.29, 0.717) is 44.3 Å². The maximum Gasteiger partial charge on any atom is 0.246 e. The van der Waals surface area contributed by atoms with Gasteiger partial charge < -0.3 is 9.47 Å². The summed E-state index contributed by atoms with van der Waals surface area (Å²) in [4.78, 5) is 2.25. The van der Waals surface area contributed by atoms with Crippen LogP contribution in [0.1, 0.15) is 26.6 Å². The summed E-state index contributed by atoms with van der Waals surface area (Å²) in [6.45, 7) is 8.59. The van der Waals surface area contributed by atoms with Gasteiger partial charge in [0.15, 0.2) is 5.82 Å². The minimum atomic E-state index is -3.70. The van der Waals surface area contributed by atoms with Crippen molar-refractivity contribution >= 4 is 10.0 Å². The molecule has 0 amide bonds. The van der Waals surface area contributed by atoms with Crippen LogP contribution in [0.4, 0.5) is 0 Å². The molecule has 0 atom stereocenters. The van der Waals surface area contributed by atoms with E-state index >= 15 is 0 Å². The van der Waals surface area contributed by atoms with Gasteiger partial charge in [0.25, 0.3) is 0 Å². The maximum atomic E-state index is 13.2. The highest BCUT2D eigenvalue weighted by Gasteiger charge is 2.32. The van der Waals surface area contributed by atoms with E-state index in [-0.39, 0.29) is 10.3 Å². The van der Waals surface area contributed by atoms with Gasteiger partial charge in [-0.15, -0.1) is 5.10 Å². The normalized spacial score (nSPS) is 16.7. The average molecular weight is 425 g/mol. The minimum Gasteiger partial charge on any atom is -0.497 e. The summed E-state index contributed by atoms with van der Waals surface area (Å²) in [6, 6.07) is 4.78. The van der Waals surface area contributed by atoms with Gasteiger partial charge in [0, 0.05) is 37.7 Å². The standard InChI is InChI=1S/C18H28N6O4S/c1-18(2,3)17-19-20-21-24(17)13-22-8-10-23(11-9-22)29(25,26)16-12-14(27-4)6-7-15(16)28-5/h6-7,12H,8-11,13H2,1-5H3. The van der Waals surface area contributed by atoms with Crippen molar-refractivity contribution in [2.45, 2.75) is 37.8 Å². The number of hydrogen-bond donors (Lipinski definition) is 0. The molecular weight excluding hydrogens is 396 g/mol. The third-order valence-corrected chi connectivity index (χ3v) is 6.78. The summed E-state index contributed by atoms with van der Waals surface area (Å²) >= 11 is 0. The van der Waals surface area contributed by atoms with Crippen molar-refractivity contribution in [1.29, 1.82) is 0 Å². The lowest BCUT2D eigenvalue weighted by atomic mass is 9.96. The zero-order valence-electron chi connectivity index (χ0n) is 17.5. The van der Waals surface area contributed by atoms with Crippen molar-refractivity contribution in [1.82, 2.24) is 29.4 Å². The van der Waals surface area contributed by atoms with Crippen LogP contribution in [0.15, 0.2) is 23.1 Å². The molecule has 11 heteroatoms. The molecule has 29 heavy (non-hydrogen) atoms. The molecule has 0 bridgehead atoms. The van der Waals surface area contributed by atoms with Gasteiger partial charge in [0.1, 0.15) is 16.4 Å². The first-order chi connectivity index (χ1) is 13.7. The van der Waals surface area contributed by atoms with Gasteiger partial charge in [0.2, 0.25) is 10.0 Å². The molecule has 1 saturated heterocycles. The first kappa shape index (κ1) is 21.5. The number of nitrogens with zero attached hydrogens (tertiary/aromatic N) is 6. The smallest absolute Gasteiger partial charge is 0.246 e. The molecule has 0 spiro atoms. The van der Waals surface area contributed by atoms with Crippen molar-refractivity contribution in [3.8, 4) is 11.5 Å². The number of sulfonamides is 1. The van der Waals surface area contributed by atoms with Crippen LogP contribution < -0.4 is 9.47 Å². The summed E-state index contributed by atoms with van der Waals surface area (Å²) in [5.41, 5.74) is -0.169. The molecule has 0 N–H and O–H groups in total. The Morgan fingerprint density at radius 3 is 2.34 bits per heavy atom. The summed E-state index contributed by atoms with van der Waals surface area (Å²) < 4.78 is 40.1. The third-order valence-electron chi connectivity index (χ3n) is 4.86. The fraction of sp³-hybridized carbons (Fsp3) is 0.611. The van der Waals surface area contributed by atoms with E-state index in [0.717, 1.165) is 5.82 Å². The van der Waals surface area contributed by atoms with E-state index in [1.807, 2.05) is 0 Å². The first-order valence-corrected chi connectivity index (χ1v) is 10.8. The molecule has 2 aromatic rings. The number of aromatic nitrogens is 4. The molecule has 1 fully saturated rings. The molecule has 0 radical (unpaired) electrons. The number of ether oxygens (including phenoxy) is 2. The Kier molecular flexibility index (Phi) is 6.11. The lowest BCUT2D eigenvalue weighted by molar-refractivity contribution is 0.140. The molecule has 0 saturated carbocycles. The van der Waals surface area contributed by atoms with Crippen LogP contribution in [-0.2, 0) is 22.1 Å². The largest absolute Gasteiger partial charge is 0.497 e. The Morgan fingerprint density at radius 2 is 1.76 bits per heavy atom. The maximum absolute atomic E-state index is 13.2. The van der Waals surface area contributed by atoms with Gasteiger partial charge in [-0.2, -0.15) is 4.31 Å². The van der Waals surface area contributed by atoms with Crippen molar-refractivity contribution < 1.29 is 17.9 Å². The van der Waals surface area contributed by atoms with E-state index in [2.05, 4.69) is 41.2 Å². The van der Waals surface area contributed by atoms with Crippen LogP contribution in [0.2, 0.25) is 0 Å². The Labute approximate surface area is 171 Å². The number of hydrogen-bond acceptors (Lipinski definition) is 8. The van der Waals surface area contributed by atoms with Gasteiger partial charge in [-0.25, -0.2) is 13.1 Å². The van der Waals surface area contributed by atoms with Gasteiger partial charge in [0.05, 0.1) is 20.9 Å². The quantitative estimate of drug-likeness (QED) is 0.675. The average Bonchev–Trinajstić information content (AvgIpc) is 3.16.